The Hall–Kier alpha value is -0.320. The molecule has 0 spiro atoms. The monoisotopic (exact) mass is 221 g/mol. The van der Waals surface area contributed by atoms with Crippen LogP contribution in [0, 0.1) is 5.92 Å². The Balaban J connectivity index is 0.00000169. The van der Waals surface area contributed by atoms with Gasteiger partial charge in [0, 0.05) is 19.1 Å². The molecule has 3 atom stereocenters. The van der Waals surface area contributed by atoms with Crippen LogP contribution in [-0.2, 0) is 4.79 Å². The molecule has 84 valence electrons. The molecule has 0 radical (unpaired) electrons. The molecule has 0 aromatic heterocycles. The molecular weight excluding hydrogens is 202 g/mol. The van der Waals surface area contributed by atoms with Crippen LogP contribution in [0.3, 0.4) is 0 Å². The highest BCUT2D eigenvalue weighted by atomic mass is 35.5. The molecule has 1 amide bonds. The Bertz CT molecular complexity index is 196. The van der Waals surface area contributed by atoms with Crippen molar-refractivity contribution in [3.63, 3.8) is 0 Å². The molecule has 0 aromatic rings. The quantitative estimate of drug-likeness (QED) is 0.687. The lowest BCUT2D eigenvalue weighted by molar-refractivity contribution is -0.131. The highest BCUT2D eigenvalue weighted by molar-refractivity contribution is 5.85. The first-order valence-electron chi connectivity index (χ1n) is 4.82. The summed E-state index contributed by atoms with van der Waals surface area (Å²) in [7, 11) is 0. The van der Waals surface area contributed by atoms with Crippen LogP contribution in [0.4, 0.5) is 0 Å². The molecular formula is C9H20ClN3O. The number of nitrogens with zero attached hydrogens (tertiary/aromatic N) is 1. The van der Waals surface area contributed by atoms with E-state index >= 15 is 0 Å². The second kappa shape index (κ2) is 5.53. The van der Waals surface area contributed by atoms with Gasteiger partial charge in [0.25, 0.3) is 0 Å². The van der Waals surface area contributed by atoms with Crippen LogP contribution < -0.4 is 11.5 Å². The van der Waals surface area contributed by atoms with Gasteiger partial charge in [-0.3, -0.25) is 4.79 Å². The van der Waals surface area contributed by atoms with E-state index in [1.165, 1.54) is 0 Å². The number of hydrogen-bond donors (Lipinski definition) is 2. The fourth-order valence-corrected chi connectivity index (χ4v) is 1.70. The number of rotatable bonds is 2. The number of carbonyl (C=O) groups is 1. The van der Waals surface area contributed by atoms with Crippen LogP contribution in [-0.4, -0.2) is 36.0 Å². The van der Waals surface area contributed by atoms with Crippen molar-refractivity contribution in [1.29, 1.82) is 0 Å². The average Bonchev–Trinajstić information content (AvgIpc) is 2.50. The predicted molar refractivity (Wildman–Crippen MR) is 59.2 cm³/mol. The summed E-state index contributed by atoms with van der Waals surface area (Å²) < 4.78 is 0. The smallest absolute Gasteiger partial charge is 0.239 e. The molecule has 1 saturated heterocycles. The zero-order chi connectivity index (χ0) is 10.0. The SMILES string of the molecule is CC(N)C(=O)N1CCC(C(C)N)C1.Cl. The van der Waals surface area contributed by atoms with Crippen LogP contribution in [0.2, 0.25) is 0 Å². The molecule has 0 saturated carbocycles. The van der Waals surface area contributed by atoms with Gasteiger partial charge in [0.05, 0.1) is 6.04 Å². The van der Waals surface area contributed by atoms with E-state index in [2.05, 4.69) is 0 Å². The summed E-state index contributed by atoms with van der Waals surface area (Å²) >= 11 is 0. The highest BCUT2D eigenvalue weighted by Crippen LogP contribution is 2.18. The zero-order valence-electron chi connectivity index (χ0n) is 8.77. The maximum atomic E-state index is 11.5. The van der Waals surface area contributed by atoms with Crippen molar-refractivity contribution in [2.45, 2.75) is 32.4 Å². The molecule has 3 unspecified atom stereocenters. The van der Waals surface area contributed by atoms with Gasteiger partial charge in [-0.15, -0.1) is 12.4 Å². The normalized spacial score (nSPS) is 25.4. The number of hydrogen-bond acceptors (Lipinski definition) is 3. The summed E-state index contributed by atoms with van der Waals surface area (Å²) in [5.41, 5.74) is 11.3. The van der Waals surface area contributed by atoms with E-state index in [1.54, 1.807) is 6.92 Å². The number of nitrogens with two attached hydrogens (primary N) is 2. The minimum absolute atomic E-state index is 0. The molecule has 1 fully saturated rings. The minimum Gasteiger partial charge on any atom is -0.341 e. The first kappa shape index (κ1) is 13.7. The van der Waals surface area contributed by atoms with Crippen LogP contribution >= 0.6 is 12.4 Å². The molecule has 4 N–H and O–H groups in total. The summed E-state index contributed by atoms with van der Waals surface area (Å²) in [5.74, 6) is 0.492. The average molecular weight is 222 g/mol. The molecule has 0 aliphatic carbocycles. The molecule has 5 heteroatoms. The van der Waals surface area contributed by atoms with E-state index in [1.807, 2.05) is 11.8 Å². The number of carbonyl (C=O) groups excluding carboxylic acids is 1. The van der Waals surface area contributed by atoms with Gasteiger partial charge in [0.15, 0.2) is 0 Å². The standard InChI is InChI=1S/C9H19N3O.ClH/c1-6(10)8-3-4-12(5-8)9(13)7(2)11;/h6-8H,3-5,10-11H2,1-2H3;1H. The zero-order valence-corrected chi connectivity index (χ0v) is 9.59. The Labute approximate surface area is 91.4 Å². The van der Waals surface area contributed by atoms with Crippen LogP contribution in [0.1, 0.15) is 20.3 Å². The lowest BCUT2D eigenvalue weighted by Crippen LogP contribution is -2.41. The summed E-state index contributed by atoms with van der Waals surface area (Å²) in [6.45, 7) is 5.30. The largest absolute Gasteiger partial charge is 0.341 e. The van der Waals surface area contributed by atoms with Crippen LogP contribution in [0.25, 0.3) is 0 Å². The van der Waals surface area contributed by atoms with Crippen LogP contribution in [0.5, 0.6) is 0 Å². The third kappa shape index (κ3) is 3.12. The second-order valence-electron chi connectivity index (χ2n) is 3.98. The van der Waals surface area contributed by atoms with Crippen molar-refractivity contribution >= 4 is 18.3 Å². The first-order chi connectivity index (χ1) is 6.02. The van der Waals surface area contributed by atoms with Crippen molar-refractivity contribution in [2.24, 2.45) is 17.4 Å². The van der Waals surface area contributed by atoms with Gasteiger partial charge in [-0.05, 0) is 26.2 Å². The van der Waals surface area contributed by atoms with E-state index < -0.39 is 0 Å². The maximum Gasteiger partial charge on any atom is 0.239 e. The number of halogens is 1. The minimum atomic E-state index is -0.383. The fraction of sp³-hybridized carbons (Fsp3) is 0.889. The lowest BCUT2D eigenvalue weighted by Gasteiger charge is -2.19. The number of amides is 1. The van der Waals surface area contributed by atoms with Crippen molar-refractivity contribution in [2.75, 3.05) is 13.1 Å². The molecule has 1 aliphatic rings. The van der Waals surface area contributed by atoms with Crippen LogP contribution in [0.15, 0.2) is 0 Å². The van der Waals surface area contributed by atoms with Gasteiger partial charge < -0.3 is 16.4 Å². The number of likely N-dealkylation sites (tertiary alicyclic amines) is 1. The Morgan fingerprint density at radius 2 is 2.00 bits per heavy atom. The summed E-state index contributed by atoms with van der Waals surface area (Å²) in [4.78, 5) is 13.3. The molecule has 0 aromatic carbocycles. The van der Waals surface area contributed by atoms with Crippen molar-refractivity contribution < 1.29 is 4.79 Å². The van der Waals surface area contributed by atoms with E-state index in [4.69, 9.17) is 11.5 Å². The van der Waals surface area contributed by atoms with E-state index in [0.29, 0.717) is 5.92 Å². The van der Waals surface area contributed by atoms with E-state index in [-0.39, 0.29) is 30.4 Å². The van der Waals surface area contributed by atoms with Gasteiger partial charge >= 0.3 is 0 Å². The second-order valence-corrected chi connectivity index (χ2v) is 3.98. The fourth-order valence-electron chi connectivity index (χ4n) is 1.70. The van der Waals surface area contributed by atoms with E-state index in [9.17, 15) is 4.79 Å². The maximum absolute atomic E-state index is 11.5. The molecule has 1 heterocycles. The summed E-state index contributed by atoms with van der Waals surface area (Å²) in [5, 5.41) is 0. The van der Waals surface area contributed by atoms with Gasteiger partial charge in [-0.1, -0.05) is 0 Å². The third-order valence-electron chi connectivity index (χ3n) is 2.67. The van der Waals surface area contributed by atoms with Crippen molar-refractivity contribution in [3.8, 4) is 0 Å². The van der Waals surface area contributed by atoms with Crippen molar-refractivity contribution in [1.82, 2.24) is 4.90 Å². The van der Waals surface area contributed by atoms with Gasteiger partial charge in [0.2, 0.25) is 5.91 Å². The molecule has 14 heavy (non-hydrogen) atoms. The highest BCUT2D eigenvalue weighted by Gasteiger charge is 2.29. The summed E-state index contributed by atoms with van der Waals surface area (Å²) in [6.07, 6.45) is 1.01. The predicted octanol–water partition coefficient (Wildman–Crippen LogP) is -0.0489. The van der Waals surface area contributed by atoms with Crippen molar-refractivity contribution in [3.05, 3.63) is 0 Å². The molecule has 1 rings (SSSR count). The Morgan fingerprint density at radius 3 is 2.36 bits per heavy atom. The topological polar surface area (TPSA) is 72.4 Å². The molecule has 0 bridgehead atoms. The van der Waals surface area contributed by atoms with Gasteiger partial charge in [0.1, 0.15) is 0 Å². The lowest BCUT2D eigenvalue weighted by atomic mass is 10.0. The first-order valence-corrected chi connectivity index (χ1v) is 4.82. The Morgan fingerprint density at radius 1 is 1.43 bits per heavy atom. The molecule has 1 aliphatic heterocycles. The summed E-state index contributed by atoms with van der Waals surface area (Å²) in [6, 6.07) is -0.210. The third-order valence-corrected chi connectivity index (χ3v) is 2.67. The van der Waals surface area contributed by atoms with Gasteiger partial charge in [-0.2, -0.15) is 0 Å². The Kier molecular flexibility index (Phi) is 5.41. The van der Waals surface area contributed by atoms with Gasteiger partial charge in [-0.25, -0.2) is 0 Å². The van der Waals surface area contributed by atoms with E-state index in [0.717, 1.165) is 19.5 Å². The molecule has 4 nitrogen and oxygen atoms in total.